The first-order valence-electron chi connectivity index (χ1n) is 7.54. The second kappa shape index (κ2) is 5.04. The van der Waals surface area contributed by atoms with Crippen LogP contribution in [-0.4, -0.2) is 0 Å². The van der Waals surface area contributed by atoms with Crippen molar-refractivity contribution in [2.24, 2.45) is 0 Å². The van der Waals surface area contributed by atoms with Crippen LogP contribution in [0.5, 0.6) is 0 Å². The average molecular weight is 274 g/mol. The molecule has 1 aliphatic carbocycles. The van der Waals surface area contributed by atoms with Gasteiger partial charge in [0, 0.05) is 0 Å². The van der Waals surface area contributed by atoms with Crippen LogP contribution in [0.25, 0.3) is 17.2 Å². The predicted molar refractivity (Wildman–Crippen MR) is 92.5 cm³/mol. The highest BCUT2D eigenvalue weighted by molar-refractivity contribution is 5.72. The summed E-state index contributed by atoms with van der Waals surface area (Å²) in [5.41, 5.74) is 8.22. The maximum Gasteiger partial charge on any atom is -0.00196 e. The minimum Gasteiger partial charge on any atom is -0.0988 e. The molecule has 2 aromatic carbocycles. The Morgan fingerprint density at radius 1 is 0.952 bits per heavy atom. The van der Waals surface area contributed by atoms with Gasteiger partial charge in [-0.3, -0.25) is 0 Å². The van der Waals surface area contributed by atoms with Crippen molar-refractivity contribution in [3.8, 4) is 11.1 Å². The molecule has 0 fully saturated rings. The zero-order chi connectivity index (χ0) is 15.0. The lowest BCUT2D eigenvalue weighted by Gasteiger charge is -2.19. The summed E-state index contributed by atoms with van der Waals surface area (Å²) in [6.07, 6.45) is 5.19. The fourth-order valence-electron chi connectivity index (χ4n) is 2.84. The van der Waals surface area contributed by atoms with E-state index in [9.17, 15) is 0 Å². The average Bonchev–Trinajstić information content (AvgIpc) is 2.88. The highest BCUT2D eigenvalue weighted by atomic mass is 14.2. The van der Waals surface area contributed by atoms with Crippen LogP contribution in [0.2, 0.25) is 0 Å². The van der Waals surface area contributed by atoms with Crippen molar-refractivity contribution < 1.29 is 0 Å². The number of hydrogen-bond donors (Lipinski definition) is 0. The normalized spacial score (nSPS) is 13.8. The van der Waals surface area contributed by atoms with E-state index in [0.29, 0.717) is 0 Å². The van der Waals surface area contributed by atoms with Crippen LogP contribution in [0.4, 0.5) is 0 Å². The molecule has 0 heteroatoms. The van der Waals surface area contributed by atoms with Crippen molar-refractivity contribution in [3.05, 3.63) is 77.4 Å². The first-order chi connectivity index (χ1) is 9.97. The van der Waals surface area contributed by atoms with Crippen molar-refractivity contribution in [2.75, 3.05) is 0 Å². The van der Waals surface area contributed by atoms with Gasteiger partial charge in [-0.05, 0) is 45.2 Å². The van der Waals surface area contributed by atoms with Gasteiger partial charge in [0.1, 0.15) is 0 Å². The molecule has 0 spiro atoms. The molecule has 0 nitrogen and oxygen atoms in total. The molecule has 0 aromatic heterocycles. The van der Waals surface area contributed by atoms with E-state index in [2.05, 4.69) is 75.9 Å². The largest absolute Gasteiger partial charge is 0.0988 e. The van der Waals surface area contributed by atoms with Gasteiger partial charge in [-0.25, -0.2) is 0 Å². The molecule has 0 unspecified atom stereocenters. The molecule has 0 radical (unpaired) electrons. The van der Waals surface area contributed by atoms with Gasteiger partial charge in [0.25, 0.3) is 0 Å². The van der Waals surface area contributed by atoms with Crippen molar-refractivity contribution in [1.29, 1.82) is 0 Å². The standard InChI is InChI=1S/C21H22/c1-5-15-12-17-6-7-18(14-19(17)13-15)16-8-10-20(11-9-16)21(2,3)4/h5-12,14H,1,13H2,2-4H3. The van der Waals surface area contributed by atoms with E-state index in [0.717, 1.165) is 6.42 Å². The number of hydrogen-bond acceptors (Lipinski definition) is 0. The molecular weight excluding hydrogens is 252 g/mol. The Hall–Kier alpha value is -2.08. The molecule has 1 aliphatic rings. The van der Waals surface area contributed by atoms with Gasteiger partial charge in [-0.1, -0.05) is 82.0 Å². The maximum absolute atomic E-state index is 3.87. The summed E-state index contributed by atoms with van der Waals surface area (Å²) in [5, 5.41) is 0. The van der Waals surface area contributed by atoms with Crippen LogP contribution >= 0.6 is 0 Å². The Labute approximate surface area is 127 Å². The Morgan fingerprint density at radius 2 is 1.62 bits per heavy atom. The minimum atomic E-state index is 0.208. The summed E-state index contributed by atoms with van der Waals surface area (Å²) < 4.78 is 0. The lowest BCUT2D eigenvalue weighted by Crippen LogP contribution is -2.10. The number of rotatable bonds is 2. The van der Waals surface area contributed by atoms with Crippen LogP contribution in [0, 0.1) is 0 Å². The Morgan fingerprint density at radius 3 is 2.24 bits per heavy atom. The fourth-order valence-corrected chi connectivity index (χ4v) is 2.84. The number of benzene rings is 2. The number of allylic oxidation sites excluding steroid dienone is 2. The van der Waals surface area contributed by atoms with Gasteiger partial charge in [0.15, 0.2) is 0 Å². The van der Waals surface area contributed by atoms with Crippen LogP contribution in [0.3, 0.4) is 0 Å². The van der Waals surface area contributed by atoms with Crippen molar-refractivity contribution >= 4 is 6.08 Å². The molecule has 0 atom stereocenters. The monoisotopic (exact) mass is 274 g/mol. The summed E-state index contributed by atoms with van der Waals surface area (Å²) in [6.45, 7) is 10.6. The van der Waals surface area contributed by atoms with Crippen LogP contribution < -0.4 is 0 Å². The molecule has 0 aliphatic heterocycles. The molecule has 0 heterocycles. The van der Waals surface area contributed by atoms with E-state index in [1.54, 1.807) is 0 Å². The smallest absolute Gasteiger partial charge is 0.00196 e. The molecule has 2 aromatic rings. The summed E-state index contributed by atoms with van der Waals surface area (Å²) in [4.78, 5) is 0. The molecule has 0 N–H and O–H groups in total. The van der Waals surface area contributed by atoms with Gasteiger partial charge in [-0.15, -0.1) is 0 Å². The van der Waals surface area contributed by atoms with E-state index in [4.69, 9.17) is 0 Å². The third kappa shape index (κ3) is 2.71. The van der Waals surface area contributed by atoms with Gasteiger partial charge in [0.2, 0.25) is 0 Å². The highest BCUT2D eigenvalue weighted by Crippen LogP contribution is 2.31. The molecule has 0 saturated carbocycles. The molecule has 21 heavy (non-hydrogen) atoms. The van der Waals surface area contributed by atoms with E-state index in [1.165, 1.54) is 33.4 Å². The third-order valence-corrected chi connectivity index (χ3v) is 4.22. The second-order valence-corrected chi connectivity index (χ2v) is 6.84. The molecule has 0 saturated heterocycles. The maximum atomic E-state index is 3.87. The quantitative estimate of drug-likeness (QED) is 0.651. The van der Waals surface area contributed by atoms with Crippen molar-refractivity contribution in [2.45, 2.75) is 32.6 Å². The second-order valence-electron chi connectivity index (χ2n) is 6.84. The zero-order valence-corrected chi connectivity index (χ0v) is 13.1. The lowest BCUT2D eigenvalue weighted by atomic mass is 9.86. The van der Waals surface area contributed by atoms with Crippen LogP contribution in [-0.2, 0) is 11.8 Å². The number of fused-ring (bicyclic) bond motifs is 1. The minimum absolute atomic E-state index is 0.208. The van der Waals surface area contributed by atoms with E-state index in [1.807, 2.05) is 6.08 Å². The topological polar surface area (TPSA) is 0 Å². The fraction of sp³-hybridized carbons (Fsp3) is 0.238. The molecular formula is C21H22. The molecule has 0 bridgehead atoms. The predicted octanol–water partition coefficient (Wildman–Crippen LogP) is 5.78. The van der Waals surface area contributed by atoms with Crippen LogP contribution in [0.15, 0.2) is 60.7 Å². The van der Waals surface area contributed by atoms with Crippen molar-refractivity contribution in [3.63, 3.8) is 0 Å². The first-order valence-corrected chi connectivity index (χ1v) is 7.54. The Kier molecular flexibility index (Phi) is 3.33. The Bertz CT molecular complexity index is 707. The van der Waals surface area contributed by atoms with Crippen molar-refractivity contribution in [1.82, 2.24) is 0 Å². The highest BCUT2D eigenvalue weighted by Gasteiger charge is 2.14. The van der Waals surface area contributed by atoms with E-state index >= 15 is 0 Å². The van der Waals surface area contributed by atoms with E-state index < -0.39 is 0 Å². The summed E-state index contributed by atoms with van der Waals surface area (Å²) in [5.74, 6) is 0. The molecule has 3 rings (SSSR count). The van der Waals surface area contributed by atoms with Gasteiger partial charge < -0.3 is 0 Å². The lowest BCUT2D eigenvalue weighted by molar-refractivity contribution is 0.590. The summed E-state index contributed by atoms with van der Waals surface area (Å²) in [6, 6.07) is 15.7. The SMILES string of the molecule is C=CC1=Cc2ccc(-c3ccc(C(C)(C)C)cc3)cc2C1. The molecule has 0 amide bonds. The van der Waals surface area contributed by atoms with E-state index in [-0.39, 0.29) is 5.41 Å². The van der Waals surface area contributed by atoms with Crippen LogP contribution in [0.1, 0.15) is 37.5 Å². The Balaban J connectivity index is 1.92. The first kappa shape index (κ1) is 13.9. The molecule has 106 valence electrons. The van der Waals surface area contributed by atoms with Gasteiger partial charge in [-0.2, -0.15) is 0 Å². The zero-order valence-electron chi connectivity index (χ0n) is 13.1. The summed E-state index contributed by atoms with van der Waals surface area (Å²) >= 11 is 0. The van der Waals surface area contributed by atoms with Gasteiger partial charge in [0.05, 0.1) is 0 Å². The van der Waals surface area contributed by atoms with Gasteiger partial charge >= 0.3 is 0 Å². The summed E-state index contributed by atoms with van der Waals surface area (Å²) in [7, 11) is 0. The third-order valence-electron chi connectivity index (χ3n) is 4.22.